The van der Waals surface area contributed by atoms with Crippen LogP contribution in [0.3, 0.4) is 0 Å². The first-order valence-electron chi connectivity index (χ1n) is 6.75. The fourth-order valence-corrected chi connectivity index (χ4v) is 2.75. The monoisotopic (exact) mass is 430 g/mol. The lowest BCUT2D eigenvalue weighted by Crippen LogP contribution is -2.21. The maximum absolute atomic E-state index is 11.2. The summed E-state index contributed by atoms with van der Waals surface area (Å²) in [6.07, 6.45) is 2.84. The third-order valence-corrected chi connectivity index (χ3v) is 3.94. The number of fused-ring (bicyclic) bond motifs is 2. The van der Waals surface area contributed by atoms with Gasteiger partial charge in [-0.1, -0.05) is 34.8 Å². The number of hydrogen-bond donors (Lipinski definition) is 2. The van der Waals surface area contributed by atoms with Crippen molar-refractivity contribution in [1.82, 2.24) is 29.9 Å². The van der Waals surface area contributed by atoms with Gasteiger partial charge in [-0.25, -0.2) is 24.7 Å². The van der Waals surface area contributed by atoms with E-state index in [1.807, 2.05) is 0 Å². The summed E-state index contributed by atoms with van der Waals surface area (Å²) >= 11 is 22.7. The first-order chi connectivity index (χ1) is 12.3. The highest BCUT2D eigenvalue weighted by Gasteiger charge is 2.05. The second-order valence-corrected chi connectivity index (χ2v) is 6.24. The van der Waals surface area contributed by atoms with Crippen LogP contribution >= 0.6 is 46.4 Å². The average molecular weight is 432 g/mol. The molecule has 0 atom stereocenters. The van der Waals surface area contributed by atoms with Crippen molar-refractivity contribution >= 4 is 68.2 Å². The molecule has 0 saturated heterocycles. The normalized spacial score (nSPS) is 10.6. The van der Waals surface area contributed by atoms with Crippen molar-refractivity contribution in [2.75, 3.05) is 0 Å². The molecule has 12 heteroatoms. The van der Waals surface area contributed by atoms with Crippen molar-refractivity contribution in [1.29, 1.82) is 0 Å². The molecule has 4 rings (SSSR count). The first-order valence-corrected chi connectivity index (χ1v) is 8.27. The van der Waals surface area contributed by atoms with Gasteiger partial charge in [0.05, 0.1) is 28.8 Å². The van der Waals surface area contributed by atoms with Gasteiger partial charge in [0.15, 0.2) is 0 Å². The van der Waals surface area contributed by atoms with E-state index in [0.717, 1.165) is 0 Å². The van der Waals surface area contributed by atoms with Crippen LogP contribution in [0.15, 0.2) is 34.1 Å². The SMILES string of the molecule is Clc1cc2c(Cl)nc(Cl)nc2cn1.O=c1[nH]c(=O)c2cc(Cl)ncc2[nH]1. The fraction of sp³-hybridized carbons (Fsp3) is 0. The van der Waals surface area contributed by atoms with Gasteiger partial charge in [-0.3, -0.25) is 9.78 Å². The van der Waals surface area contributed by atoms with Crippen LogP contribution in [0.5, 0.6) is 0 Å². The van der Waals surface area contributed by atoms with Crippen molar-refractivity contribution in [2.45, 2.75) is 0 Å². The van der Waals surface area contributed by atoms with E-state index < -0.39 is 11.2 Å². The number of H-pyrrole nitrogens is 2. The van der Waals surface area contributed by atoms with Gasteiger partial charge in [0.2, 0.25) is 5.28 Å². The molecular weight excluding hydrogens is 426 g/mol. The highest BCUT2D eigenvalue weighted by Crippen LogP contribution is 2.23. The zero-order valence-corrected chi connectivity index (χ0v) is 15.5. The van der Waals surface area contributed by atoms with Gasteiger partial charge in [-0.05, 0) is 23.7 Å². The van der Waals surface area contributed by atoms with Crippen LogP contribution in [-0.2, 0) is 0 Å². The van der Waals surface area contributed by atoms with Crippen molar-refractivity contribution in [2.24, 2.45) is 0 Å². The van der Waals surface area contributed by atoms with Crippen molar-refractivity contribution in [3.63, 3.8) is 0 Å². The molecule has 0 radical (unpaired) electrons. The van der Waals surface area contributed by atoms with Crippen LogP contribution in [0.4, 0.5) is 0 Å². The Morgan fingerprint density at radius 3 is 2.19 bits per heavy atom. The Morgan fingerprint density at radius 2 is 1.46 bits per heavy atom. The van der Waals surface area contributed by atoms with Crippen LogP contribution in [-0.4, -0.2) is 29.9 Å². The van der Waals surface area contributed by atoms with E-state index in [-0.39, 0.29) is 15.6 Å². The second kappa shape index (κ2) is 7.55. The molecular formula is C14H6Cl4N6O2. The summed E-state index contributed by atoms with van der Waals surface area (Å²) < 4.78 is 0. The maximum atomic E-state index is 11.2. The predicted octanol–water partition coefficient (Wildman–Crippen LogP) is 3.25. The standard InChI is InChI=1S/C7H2Cl3N3.C7H4ClN3O2/c8-5-1-3-4(2-11-5)12-7(10)13-6(3)9;8-5-1-3-4(2-9-5)10-7(13)11-6(3)12/h1-2H;1-2H,(H2,10,11,12,13). The van der Waals surface area contributed by atoms with E-state index in [9.17, 15) is 9.59 Å². The van der Waals surface area contributed by atoms with Gasteiger partial charge in [-0.2, -0.15) is 0 Å². The van der Waals surface area contributed by atoms with Gasteiger partial charge in [0.25, 0.3) is 5.56 Å². The molecule has 0 aliphatic carbocycles. The molecule has 0 aliphatic heterocycles. The minimum absolute atomic E-state index is 0.0987. The van der Waals surface area contributed by atoms with Crippen molar-refractivity contribution in [3.8, 4) is 0 Å². The predicted molar refractivity (Wildman–Crippen MR) is 100 cm³/mol. The number of pyridine rings is 2. The molecule has 0 spiro atoms. The van der Waals surface area contributed by atoms with Gasteiger partial charge in [-0.15, -0.1) is 0 Å². The number of halogens is 4. The number of nitrogens with zero attached hydrogens (tertiary/aromatic N) is 4. The van der Waals surface area contributed by atoms with E-state index in [1.54, 1.807) is 6.07 Å². The lowest BCUT2D eigenvalue weighted by Gasteiger charge is -1.99. The van der Waals surface area contributed by atoms with E-state index >= 15 is 0 Å². The van der Waals surface area contributed by atoms with E-state index in [4.69, 9.17) is 46.4 Å². The zero-order valence-electron chi connectivity index (χ0n) is 12.4. The highest BCUT2D eigenvalue weighted by atomic mass is 35.5. The van der Waals surface area contributed by atoms with Gasteiger partial charge >= 0.3 is 5.69 Å². The number of aromatic amines is 2. The molecule has 0 bridgehead atoms. The average Bonchev–Trinajstić information content (AvgIpc) is 2.57. The Bertz CT molecular complexity index is 1240. The molecule has 26 heavy (non-hydrogen) atoms. The summed E-state index contributed by atoms with van der Waals surface area (Å²) in [5.74, 6) is 0. The summed E-state index contributed by atoms with van der Waals surface area (Å²) in [5, 5.41) is 1.90. The number of aromatic nitrogens is 6. The molecule has 8 nitrogen and oxygen atoms in total. The molecule has 132 valence electrons. The Labute approximate surface area is 164 Å². The zero-order chi connectivity index (χ0) is 18.8. The quantitative estimate of drug-likeness (QED) is 0.250. The second-order valence-electron chi connectivity index (χ2n) is 4.77. The molecule has 2 N–H and O–H groups in total. The van der Waals surface area contributed by atoms with E-state index in [0.29, 0.717) is 27.0 Å². The van der Waals surface area contributed by atoms with Crippen LogP contribution in [0.2, 0.25) is 20.7 Å². The lowest BCUT2D eigenvalue weighted by atomic mass is 10.3. The topological polar surface area (TPSA) is 117 Å². The Morgan fingerprint density at radius 1 is 0.808 bits per heavy atom. The molecule has 4 aromatic heterocycles. The maximum Gasteiger partial charge on any atom is 0.326 e. The molecule has 0 saturated carbocycles. The van der Waals surface area contributed by atoms with Crippen molar-refractivity contribution < 1.29 is 0 Å². The van der Waals surface area contributed by atoms with Crippen molar-refractivity contribution in [3.05, 3.63) is 66.1 Å². The van der Waals surface area contributed by atoms with Crippen LogP contribution in [0.25, 0.3) is 21.8 Å². The Balaban J connectivity index is 0.000000151. The largest absolute Gasteiger partial charge is 0.326 e. The van der Waals surface area contributed by atoms with Gasteiger partial charge in [0, 0.05) is 5.39 Å². The number of rotatable bonds is 0. The summed E-state index contributed by atoms with van der Waals surface area (Å²) in [6, 6.07) is 2.99. The number of hydrogen-bond acceptors (Lipinski definition) is 6. The smallest absolute Gasteiger partial charge is 0.305 e. The third kappa shape index (κ3) is 4.10. The Kier molecular flexibility index (Phi) is 5.38. The van der Waals surface area contributed by atoms with Gasteiger partial charge in [0.1, 0.15) is 15.5 Å². The summed E-state index contributed by atoms with van der Waals surface area (Å²) in [6.45, 7) is 0. The Hall–Kier alpha value is -2.26. The molecule has 0 unspecified atom stereocenters. The third-order valence-electron chi connectivity index (χ3n) is 3.07. The lowest BCUT2D eigenvalue weighted by molar-refractivity contribution is 1.07. The molecule has 4 heterocycles. The molecule has 0 aromatic carbocycles. The van der Waals surface area contributed by atoms with E-state index in [1.165, 1.54) is 18.5 Å². The van der Waals surface area contributed by atoms with E-state index in [2.05, 4.69) is 29.9 Å². The summed E-state index contributed by atoms with van der Waals surface area (Å²) in [5.41, 5.74) is -0.0720. The molecule has 4 aromatic rings. The van der Waals surface area contributed by atoms with Gasteiger partial charge < -0.3 is 4.98 Å². The fourth-order valence-electron chi connectivity index (χ4n) is 1.98. The van der Waals surface area contributed by atoms with Crippen LogP contribution < -0.4 is 11.2 Å². The molecule has 0 amide bonds. The van der Waals surface area contributed by atoms with Crippen LogP contribution in [0, 0.1) is 0 Å². The van der Waals surface area contributed by atoms with Crippen LogP contribution in [0.1, 0.15) is 0 Å². The summed E-state index contributed by atoms with van der Waals surface area (Å²) in [7, 11) is 0. The summed E-state index contributed by atoms with van der Waals surface area (Å²) in [4.78, 5) is 41.8. The number of nitrogens with one attached hydrogen (secondary N) is 2. The minimum atomic E-state index is -0.554. The minimum Gasteiger partial charge on any atom is -0.305 e. The molecule has 0 aliphatic rings. The molecule has 0 fully saturated rings. The first kappa shape index (κ1) is 18.5. The highest BCUT2D eigenvalue weighted by molar-refractivity contribution is 6.36.